The van der Waals surface area contributed by atoms with Crippen LogP contribution in [0.4, 0.5) is 16.3 Å². The molecule has 29 heavy (non-hydrogen) atoms. The van der Waals surface area contributed by atoms with Gasteiger partial charge in [-0.3, -0.25) is 4.79 Å². The van der Waals surface area contributed by atoms with E-state index in [4.69, 9.17) is 9.47 Å². The van der Waals surface area contributed by atoms with E-state index < -0.39 is 0 Å². The number of nitrogens with zero attached hydrogens (tertiary/aromatic N) is 2. The Bertz CT molecular complexity index is 833. The van der Waals surface area contributed by atoms with Crippen LogP contribution in [0.25, 0.3) is 0 Å². The largest absolute Gasteiger partial charge is 0.495 e. The zero-order valence-corrected chi connectivity index (χ0v) is 16.7. The fraction of sp³-hybridized carbons (Fsp3) is 0.381. The summed E-state index contributed by atoms with van der Waals surface area (Å²) < 4.78 is 10.3. The number of rotatable bonds is 6. The van der Waals surface area contributed by atoms with Crippen LogP contribution < -0.4 is 15.4 Å². The quantitative estimate of drug-likeness (QED) is 0.776. The molecular weight excluding hydrogens is 372 g/mol. The van der Waals surface area contributed by atoms with Gasteiger partial charge in [0.25, 0.3) is 5.91 Å². The SMILES string of the molecule is CCOC(=O)N1CCC(NC(=O)c2ccc(Nc3ccccc3OC)nc2)CC1. The van der Waals surface area contributed by atoms with Gasteiger partial charge < -0.3 is 25.0 Å². The van der Waals surface area contributed by atoms with E-state index in [0.29, 0.717) is 49.7 Å². The second-order valence-corrected chi connectivity index (χ2v) is 6.69. The maximum absolute atomic E-state index is 12.5. The molecule has 8 heteroatoms. The minimum absolute atomic E-state index is 0.0274. The molecule has 2 heterocycles. The third kappa shape index (κ3) is 5.37. The maximum Gasteiger partial charge on any atom is 0.409 e. The second-order valence-electron chi connectivity index (χ2n) is 6.69. The molecule has 154 valence electrons. The fourth-order valence-electron chi connectivity index (χ4n) is 3.18. The van der Waals surface area contributed by atoms with E-state index in [9.17, 15) is 9.59 Å². The van der Waals surface area contributed by atoms with Crippen LogP contribution in [0, 0.1) is 0 Å². The van der Waals surface area contributed by atoms with Gasteiger partial charge in [0.05, 0.1) is 25.0 Å². The van der Waals surface area contributed by atoms with Crippen molar-refractivity contribution in [1.29, 1.82) is 0 Å². The van der Waals surface area contributed by atoms with Crippen molar-refractivity contribution in [1.82, 2.24) is 15.2 Å². The van der Waals surface area contributed by atoms with Gasteiger partial charge in [0.2, 0.25) is 0 Å². The molecule has 0 spiro atoms. The lowest BCUT2D eigenvalue weighted by molar-refractivity contribution is 0.0860. The number of amides is 2. The minimum Gasteiger partial charge on any atom is -0.495 e. The van der Waals surface area contributed by atoms with Crippen molar-refractivity contribution in [3.05, 3.63) is 48.2 Å². The number of likely N-dealkylation sites (tertiary alicyclic amines) is 1. The highest BCUT2D eigenvalue weighted by atomic mass is 16.6. The van der Waals surface area contributed by atoms with Gasteiger partial charge in [-0.25, -0.2) is 9.78 Å². The van der Waals surface area contributed by atoms with Crippen molar-refractivity contribution in [2.45, 2.75) is 25.8 Å². The van der Waals surface area contributed by atoms with Gasteiger partial charge in [0.15, 0.2) is 0 Å². The van der Waals surface area contributed by atoms with E-state index in [1.54, 1.807) is 37.3 Å². The Hall–Kier alpha value is -3.29. The average molecular weight is 398 g/mol. The topological polar surface area (TPSA) is 92.8 Å². The smallest absolute Gasteiger partial charge is 0.409 e. The third-order valence-corrected chi connectivity index (χ3v) is 4.75. The van der Waals surface area contributed by atoms with Gasteiger partial charge in [-0.05, 0) is 44.0 Å². The van der Waals surface area contributed by atoms with Crippen LogP contribution in [-0.2, 0) is 4.74 Å². The van der Waals surface area contributed by atoms with E-state index in [-0.39, 0.29) is 18.0 Å². The molecule has 0 aliphatic carbocycles. The van der Waals surface area contributed by atoms with Crippen molar-refractivity contribution in [3.63, 3.8) is 0 Å². The molecule has 0 saturated carbocycles. The molecule has 0 atom stereocenters. The van der Waals surface area contributed by atoms with Gasteiger partial charge in [0.1, 0.15) is 11.6 Å². The highest BCUT2D eigenvalue weighted by Crippen LogP contribution is 2.26. The number of piperidine rings is 1. The number of anilines is 2. The van der Waals surface area contributed by atoms with Crippen LogP contribution >= 0.6 is 0 Å². The average Bonchev–Trinajstić information content (AvgIpc) is 2.75. The normalized spacial score (nSPS) is 14.2. The Morgan fingerprint density at radius 3 is 2.59 bits per heavy atom. The number of para-hydroxylation sites is 2. The molecule has 0 radical (unpaired) electrons. The van der Waals surface area contributed by atoms with E-state index in [0.717, 1.165) is 5.69 Å². The summed E-state index contributed by atoms with van der Waals surface area (Å²) in [5.74, 6) is 1.16. The van der Waals surface area contributed by atoms with E-state index in [1.165, 1.54) is 0 Å². The fourth-order valence-corrected chi connectivity index (χ4v) is 3.18. The summed E-state index contributed by atoms with van der Waals surface area (Å²) in [6.45, 7) is 3.30. The number of benzene rings is 1. The summed E-state index contributed by atoms with van der Waals surface area (Å²) in [7, 11) is 1.61. The first-order chi connectivity index (χ1) is 14.1. The summed E-state index contributed by atoms with van der Waals surface area (Å²) in [4.78, 5) is 30.2. The number of carbonyl (C=O) groups is 2. The molecule has 0 bridgehead atoms. The number of nitrogens with one attached hydrogen (secondary N) is 2. The molecule has 1 aliphatic rings. The lowest BCUT2D eigenvalue weighted by Gasteiger charge is -2.31. The van der Waals surface area contributed by atoms with Gasteiger partial charge >= 0.3 is 6.09 Å². The highest BCUT2D eigenvalue weighted by molar-refractivity contribution is 5.94. The van der Waals surface area contributed by atoms with Crippen molar-refractivity contribution >= 4 is 23.5 Å². The molecule has 1 saturated heterocycles. The molecule has 8 nitrogen and oxygen atoms in total. The van der Waals surface area contributed by atoms with Crippen molar-refractivity contribution < 1.29 is 19.1 Å². The molecule has 3 rings (SSSR count). The predicted molar refractivity (Wildman–Crippen MR) is 110 cm³/mol. The molecule has 1 aromatic carbocycles. The van der Waals surface area contributed by atoms with Crippen molar-refractivity contribution in [2.75, 3.05) is 32.1 Å². The number of hydrogen-bond donors (Lipinski definition) is 2. The second kappa shape index (κ2) is 9.77. The zero-order chi connectivity index (χ0) is 20.6. The molecule has 1 aromatic heterocycles. The number of carbonyl (C=O) groups excluding carboxylic acids is 2. The molecule has 1 fully saturated rings. The molecule has 0 unspecified atom stereocenters. The van der Waals surface area contributed by atoms with Gasteiger partial charge in [-0.2, -0.15) is 0 Å². The van der Waals surface area contributed by atoms with Crippen molar-refractivity contribution in [3.8, 4) is 5.75 Å². The number of aromatic nitrogens is 1. The van der Waals surface area contributed by atoms with Crippen LogP contribution in [0.15, 0.2) is 42.6 Å². The number of hydrogen-bond acceptors (Lipinski definition) is 6. The van der Waals surface area contributed by atoms with Crippen molar-refractivity contribution in [2.24, 2.45) is 0 Å². The molecule has 2 N–H and O–H groups in total. The monoisotopic (exact) mass is 398 g/mol. The first-order valence-corrected chi connectivity index (χ1v) is 9.69. The van der Waals surface area contributed by atoms with Gasteiger partial charge in [-0.1, -0.05) is 12.1 Å². The van der Waals surface area contributed by atoms with Crippen LogP contribution in [0.1, 0.15) is 30.1 Å². The lowest BCUT2D eigenvalue weighted by atomic mass is 10.0. The zero-order valence-electron chi connectivity index (χ0n) is 16.7. The summed E-state index contributed by atoms with van der Waals surface area (Å²) in [5.41, 5.74) is 1.29. The predicted octanol–water partition coefficient (Wildman–Crippen LogP) is 3.18. The Morgan fingerprint density at radius 2 is 1.93 bits per heavy atom. The van der Waals surface area contributed by atoms with E-state index in [2.05, 4.69) is 15.6 Å². The van der Waals surface area contributed by atoms with E-state index >= 15 is 0 Å². The first kappa shape index (κ1) is 20.4. The highest BCUT2D eigenvalue weighted by Gasteiger charge is 2.24. The van der Waals surface area contributed by atoms with E-state index in [1.807, 2.05) is 24.3 Å². The molecule has 2 aromatic rings. The van der Waals surface area contributed by atoms with Crippen LogP contribution in [0.2, 0.25) is 0 Å². The minimum atomic E-state index is -0.292. The maximum atomic E-state index is 12.5. The Labute approximate surface area is 170 Å². The standard InChI is InChI=1S/C21H26N4O4/c1-3-29-21(27)25-12-10-16(11-13-25)23-20(26)15-8-9-19(22-14-15)24-17-6-4-5-7-18(17)28-2/h4-9,14,16H,3,10-13H2,1-2H3,(H,22,24)(H,23,26). The number of pyridine rings is 1. The van der Waals surface area contributed by atoms with Gasteiger partial charge in [-0.15, -0.1) is 0 Å². The number of ether oxygens (including phenoxy) is 2. The Balaban J connectivity index is 1.52. The summed E-state index contributed by atoms with van der Waals surface area (Å²) in [6.07, 6.45) is 2.65. The Morgan fingerprint density at radius 1 is 1.17 bits per heavy atom. The Kier molecular flexibility index (Phi) is 6.89. The van der Waals surface area contributed by atoms with Crippen LogP contribution in [-0.4, -0.2) is 54.7 Å². The van der Waals surface area contributed by atoms with Crippen LogP contribution in [0.5, 0.6) is 5.75 Å². The summed E-state index contributed by atoms with van der Waals surface area (Å²) >= 11 is 0. The number of methoxy groups -OCH3 is 1. The summed E-state index contributed by atoms with van der Waals surface area (Å²) in [6, 6.07) is 11.1. The lowest BCUT2D eigenvalue weighted by Crippen LogP contribution is -2.46. The molecule has 1 aliphatic heterocycles. The third-order valence-electron chi connectivity index (χ3n) is 4.75. The van der Waals surface area contributed by atoms with Crippen LogP contribution in [0.3, 0.4) is 0 Å². The molecule has 2 amide bonds. The summed E-state index contributed by atoms with van der Waals surface area (Å²) in [5, 5.41) is 6.20. The van der Waals surface area contributed by atoms with Gasteiger partial charge in [0, 0.05) is 25.3 Å². The first-order valence-electron chi connectivity index (χ1n) is 9.69. The molecular formula is C21H26N4O4.